The molecule has 2 rings (SSSR count). The van der Waals surface area contributed by atoms with Gasteiger partial charge in [-0.05, 0) is 19.1 Å². The summed E-state index contributed by atoms with van der Waals surface area (Å²) < 4.78 is 5.47. The van der Waals surface area contributed by atoms with Gasteiger partial charge < -0.3 is 24.8 Å². The molecule has 7 nitrogen and oxygen atoms in total. The topological polar surface area (TPSA) is 60.4 Å². The minimum Gasteiger partial charge on any atom is -0.495 e. The number of piperazine rings is 1. The fourth-order valence-corrected chi connectivity index (χ4v) is 2.76. The van der Waals surface area contributed by atoms with Gasteiger partial charge >= 0.3 is 0 Å². The first kappa shape index (κ1) is 18.9. The summed E-state index contributed by atoms with van der Waals surface area (Å²) in [5.74, 6) is 1.70. The lowest BCUT2D eigenvalue weighted by Crippen LogP contribution is -2.52. The largest absolute Gasteiger partial charge is 0.495 e. The Bertz CT molecular complexity index is 595. The molecule has 25 heavy (non-hydrogen) atoms. The molecule has 0 bridgehead atoms. The fraction of sp³-hybridized carbons (Fsp3) is 0.556. The van der Waals surface area contributed by atoms with E-state index in [9.17, 15) is 4.79 Å². The van der Waals surface area contributed by atoms with E-state index in [1.807, 2.05) is 25.1 Å². The number of carbonyl (C=O) groups is 1. The molecule has 1 fully saturated rings. The molecule has 0 spiro atoms. The highest BCUT2D eigenvalue weighted by molar-refractivity contribution is 5.85. The number of anilines is 1. The van der Waals surface area contributed by atoms with Crippen LogP contribution in [0.15, 0.2) is 29.3 Å². The maximum Gasteiger partial charge on any atom is 0.243 e. The zero-order valence-electron chi connectivity index (χ0n) is 15.7. The number of nitrogens with one attached hydrogen (secondary N) is 1. The van der Waals surface area contributed by atoms with Gasteiger partial charge in [-0.1, -0.05) is 12.1 Å². The van der Waals surface area contributed by atoms with Crippen molar-refractivity contribution in [3.8, 4) is 5.75 Å². The van der Waals surface area contributed by atoms with Crippen molar-refractivity contribution in [3.05, 3.63) is 24.3 Å². The third-order valence-electron chi connectivity index (χ3n) is 4.20. The summed E-state index contributed by atoms with van der Waals surface area (Å²) in [5.41, 5.74) is 1.12. The van der Waals surface area contributed by atoms with E-state index in [0.717, 1.165) is 50.1 Å². The molecule has 1 N–H and O–H groups in total. The Morgan fingerprint density at radius 1 is 1.24 bits per heavy atom. The number of ether oxygens (including phenoxy) is 1. The molecule has 0 radical (unpaired) electrons. The van der Waals surface area contributed by atoms with Crippen LogP contribution in [0.1, 0.15) is 6.92 Å². The first-order chi connectivity index (χ1) is 12.1. The van der Waals surface area contributed by atoms with Crippen LogP contribution in [-0.2, 0) is 4.79 Å². The zero-order chi connectivity index (χ0) is 18.2. The lowest BCUT2D eigenvalue weighted by Gasteiger charge is -2.38. The van der Waals surface area contributed by atoms with Crippen LogP contribution in [-0.4, -0.2) is 82.1 Å². The molecule has 1 heterocycles. The van der Waals surface area contributed by atoms with Crippen molar-refractivity contribution in [2.24, 2.45) is 4.99 Å². The Hall–Kier alpha value is -2.44. The van der Waals surface area contributed by atoms with Crippen LogP contribution in [0.3, 0.4) is 0 Å². The molecule has 0 unspecified atom stereocenters. The van der Waals surface area contributed by atoms with Gasteiger partial charge in [-0.25, -0.2) is 4.99 Å². The third-order valence-corrected chi connectivity index (χ3v) is 4.20. The van der Waals surface area contributed by atoms with Crippen molar-refractivity contribution in [1.29, 1.82) is 0 Å². The second-order valence-electron chi connectivity index (χ2n) is 6.10. The minimum atomic E-state index is 0.00283. The Labute approximate surface area is 150 Å². The standard InChI is InChI=1S/C18H29N5O2/c1-5-19-18(20-14-17(24)21(2)3)23-12-10-22(11-13-23)15-8-6-7-9-16(15)25-4/h6-9H,5,10-14H2,1-4H3,(H,19,20). The molecule has 1 saturated heterocycles. The van der Waals surface area contributed by atoms with E-state index in [-0.39, 0.29) is 12.5 Å². The van der Waals surface area contributed by atoms with Crippen molar-refractivity contribution in [1.82, 2.24) is 15.1 Å². The van der Waals surface area contributed by atoms with E-state index in [4.69, 9.17) is 4.74 Å². The summed E-state index contributed by atoms with van der Waals surface area (Å²) in [6, 6.07) is 8.09. The molecule has 7 heteroatoms. The van der Waals surface area contributed by atoms with Crippen LogP contribution in [0.2, 0.25) is 0 Å². The van der Waals surface area contributed by atoms with Gasteiger partial charge in [0.2, 0.25) is 5.91 Å². The smallest absolute Gasteiger partial charge is 0.243 e. The van der Waals surface area contributed by atoms with Gasteiger partial charge in [0, 0.05) is 46.8 Å². The van der Waals surface area contributed by atoms with Crippen LogP contribution in [0, 0.1) is 0 Å². The summed E-state index contributed by atoms with van der Waals surface area (Å²) >= 11 is 0. The maximum absolute atomic E-state index is 11.8. The predicted molar refractivity (Wildman–Crippen MR) is 101 cm³/mol. The number of likely N-dealkylation sites (N-methyl/N-ethyl adjacent to an activating group) is 1. The van der Waals surface area contributed by atoms with Crippen LogP contribution >= 0.6 is 0 Å². The van der Waals surface area contributed by atoms with E-state index in [0.29, 0.717) is 0 Å². The van der Waals surface area contributed by atoms with Crippen LogP contribution in [0.5, 0.6) is 5.75 Å². The van der Waals surface area contributed by atoms with Gasteiger partial charge in [0.25, 0.3) is 0 Å². The second kappa shape index (κ2) is 9.15. The molecule has 1 aromatic rings. The van der Waals surface area contributed by atoms with Crippen molar-refractivity contribution >= 4 is 17.6 Å². The highest BCUT2D eigenvalue weighted by Crippen LogP contribution is 2.28. The molecule has 1 aromatic carbocycles. The van der Waals surface area contributed by atoms with Crippen LogP contribution in [0.4, 0.5) is 5.69 Å². The number of benzene rings is 1. The molecule has 0 atom stereocenters. The number of amides is 1. The van der Waals surface area contributed by atoms with Gasteiger partial charge in [-0.3, -0.25) is 4.79 Å². The van der Waals surface area contributed by atoms with E-state index in [1.165, 1.54) is 0 Å². The van der Waals surface area contributed by atoms with Gasteiger partial charge in [-0.2, -0.15) is 0 Å². The van der Waals surface area contributed by atoms with Crippen LogP contribution in [0.25, 0.3) is 0 Å². The predicted octanol–water partition coefficient (Wildman–Crippen LogP) is 0.871. The third kappa shape index (κ3) is 5.01. The summed E-state index contributed by atoms with van der Waals surface area (Å²) in [5, 5.41) is 3.29. The molecule has 1 amide bonds. The average Bonchev–Trinajstić information content (AvgIpc) is 2.65. The van der Waals surface area contributed by atoms with Gasteiger partial charge in [0.15, 0.2) is 5.96 Å². The van der Waals surface area contributed by atoms with Gasteiger partial charge in [-0.15, -0.1) is 0 Å². The van der Waals surface area contributed by atoms with Crippen molar-refractivity contribution in [2.75, 3.05) is 65.4 Å². The molecule has 0 saturated carbocycles. The zero-order valence-corrected chi connectivity index (χ0v) is 15.7. The number of guanidine groups is 1. The first-order valence-electron chi connectivity index (χ1n) is 8.68. The number of hydrogen-bond acceptors (Lipinski definition) is 4. The van der Waals surface area contributed by atoms with Gasteiger partial charge in [0.05, 0.1) is 12.8 Å². The number of carbonyl (C=O) groups excluding carboxylic acids is 1. The normalized spacial score (nSPS) is 15.1. The van der Waals surface area contributed by atoms with E-state index in [2.05, 4.69) is 26.2 Å². The number of rotatable bonds is 5. The maximum atomic E-state index is 11.8. The number of methoxy groups -OCH3 is 1. The highest BCUT2D eigenvalue weighted by Gasteiger charge is 2.21. The van der Waals surface area contributed by atoms with E-state index >= 15 is 0 Å². The summed E-state index contributed by atoms with van der Waals surface area (Å²) in [6.45, 7) is 6.44. The molecule has 138 valence electrons. The molecule has 1 aliphatic heterocycles. The van der Waals surface area contributed by atoms with Gasteiger partial charge in [0.1, 0.15) is 12.3 Å². The number of hydrogen-bond donors (Lipinski definition) is 1. The Balaban J connectivity index is 2.00. The minimum absolute atomic E-state index is 0.00283. The lowest BCUT2D eigenvalue weighted by atomic mass is 10.2. The molecule has 1 aliphatic rings. The fourth-order valence-electron chi connectivity index (χ4n) is 2.76. The molecular formula is C18H29N5O2. The van der Waals surface area contributed by atoms with E-state index in [1.54, 1.807) is 26.1 Å². The Kier molecular flexibility index (Phi) is 6.91. The van der Waals surface area contributed by atoms with Crippen molar-refractivity contribution < 1.29 is 9.53 Å². The van der Waals surface area contributed by atoms with Crippen molar-refractivity contribution in [2.45, 2.75) is 6.92 Å². The quantitative estimate of drug-likeness (QED) is 0.633. The number of aliphatic imine (C=N–C) groups is 1. The first-order valence-corrected chi connectivity index (χ1v) is 8.68. The SMILES string of the molecule is CCNC(=NCC(=O)N(C)C)N1CCN(c2ccccc2OC)CC1. The summed E-state index contributed by atoms with van der Waals surface area (Å²) in [6.07, 6.45) is 0. The number of para-hydroxylation sites is 2. The molecule has 0 aromatic heterocycles. The van der Waals surface area contributed by atoms with Crippen LogP contribution < -0.4 is 15.0 Å². The number of nitrogens with zero attached hydrogens (tertiary/aromatic N) is 4. The Morgan fingerprint density at radius 2 is 1.92 bits per heavy atom. The summed E-state index contributed by atoms with van der Waals surface area (Å²) in [7, 11) is 5.19. The second-order valence-corrected chi connectivity index (χ2v) is 6.10. The average molecular weight is 347 g/mol. The lowest BCUT2D eigenvalue weighted by molar-refractivity contribution is -0.127. The van der Waals surface area contributed by atoms with Crippen molar-refractivity contribution in [3.63, 3.8) is 0 Å². The molecular weight excluding hydrogens is 318 g/mol. The highest BCUT2D eigenvalue weighted by atomic mass is 16.5. The summed E-state index contributed by atoms with van der Waals surface area (Å²) in [4.78, 5) is 22.4. The van der Waals surface area contributed by atoms with E-state index < -0.39 is 0 Å². The monoisotopic (exact) mass is 347 g/mol. The Morgan fingerprint density at radius 3 is 2.52 bits per heavy atom. The molecule has 0 aliphatic carbocycles.